The van der Waals surface area contributed by atoms with Gasteiger partial charge in [0, 0.05) is 0 Å². The summed E-state index contributed by atoms with van der Waals surface area (Å²) in [4.78, 5) is 23.6. The normalized spacial score (nSPS) is 11.5. The second-order valence-electron chi connectivity index (χ2n) is 5.85. The van der Waals surface area contributed by atoms with Crippen LogP contribution in [-0.4, -0.2) is 25.1 Å². The number of nitrogens with one attached hydrogen (secondary N) is 1. The van der Waals surface area contributed by atoms with Crippen LogP contribution < -0.4 is 10.1 Å². The Labute approximate surface area is 148 Å². The molecule has 25 heavy (non-hydrogen) atoms. The fourth-order valence-corrected chi connectivity index (χ4v) is 2.31. The van der Waals surface area contributed by atoms with Crippen LogP contribution in [0.1, 0.15) is 29.7 Å². The summed E-state index contributed by atoms with van der Waals surface area (Å²) in [5, 5.41) is 2.78. The number of rotatable bonds is 7. The lowest BCUT2D eigenvalue weighted by Crippen LogP contribution is -2.31. The van der Waals surface area contributed by atoms with Gasteiger partial charge in [-0.05, 0) is 43.5 Å². The van der Waals surface area contributed by atoms with E-state index in [4.69, 9.17) is 9.47 Å². The van der Waals surface area contributed by atoms with E-state index in [1.165, 1.54) is 0 Å². The average Bonchev–Trinajstić information content (AvgIpc) is 2.62. The molecule has 2 aromatic rings. The molecule has 0 saturated carbocycles. The summed E-state index contributed by atoms with van der Waals surface area (Å²) in [7, 11) is 0. The van der Waals surface area contributed by atoms with Gasteiger partial charge in [0.05, 0.1) is 6.04 Å². The highest BCUT2D eigenvalue weighted by atomic mass is 16.6. The van der Waals surface area contributed by atoms with Crippen molar-refractivity contribution in [2.45, 2.75) is 26.8 Å². The second kappa shape index (κ2) is 8.87. The Morgan fingerprint density at radius 2 is 1.72 bits per heavy atom. The molecule has 0 fully saturated rings. The zero-order valence-corrected chi connectivity index (χ0v) is 14.7. The summed E-state index contributed by atoms with van der Waals surface area (Å²) in [5.74, 6) is -0.293. The van der Waals surface area contributed by atoms with Crippen LogP contribution in [0.4, 0.5) is 0 Å². The smallest absolute Gasteiger partial charge is 0.344 e. The number of hydrogen-bond acceptors (Lipinski definition) is 4. The van der Waals surface area contributed by atoms with Crippen molar-refractivity contribution in [1.82, 2.24) is 5.32 Å². The van der Waals surface area contributed by atoms with Gasteiger partial charge in [0.25, 0.3) is 5.91 Å². The molecule has 0 spiro atoms. The van der Waals surface area contributed by atoms with Gasteiger partial charge < -0.3 is 14.8 Å². The molecule has 0 aliphatic heterocycles. The van der Waals surface area contributed by atoms with Gasteiger partial charge in [0.2, 0.25) is 0 Å². The number of benzene rings is 2. The van der Waals surface area contributed by atoms with Crippen molar-refractivity contribution in [3.05, 3.63) is 65.2 Å². The molecule has 5 nitrogen and oxygen atoms in total. The number of esters is 1. The Kier molecular flexibility index (Phi) is 6.57. The average molecular weight is 341 g/mol. The van der Waals surface area contributed by atoms with E-state index in [2.05, 4.69) is 5.32 Å². The monoisotopic (exact) mass is 341 g/mol. The predicted molar refractivity (Wildman–Crippen MR) is 95.4 cm³/mol. The minimum Gasteiger partial charge on any atom is -0.482 e. The summed E-state index contributed by atoms with van der Waals surface area (Å²) in [5.41, 5.74) is 3.05. The number of carbonyl (C=O) groups excluding carboxylic acids is 2. The van der Waals surface area contributed by atoms with Gasteiger partial charge in [-0.1, -0.05) is 42.5 Å². The van der Waals surface area contributed by atoms with Crippen LogP contribution >= 0.6 is 0 Å². The third-order valence-electron chi connectivity index (χ3n) is 3.94. The van der Waals surface area contributed by atoms with Gasteiger partial charge in [-0.3, -0.25) is 4.79 Å². The van der Waals surface area contributed by atoms with E-state index >= 15 is 0 Å². The van der Waals surface area contributed by atoms with Gasteiger partial charge in [-0.25, -0.2) is 4.79 Å². The molecule has 0 saturated heterocycles. The topological polar surface area (TPSA) is 64.6 Å². The highest BCUT2D eigenvalue weighted by Crippen LogP contribution is 2.20. The molecule has 132 valence electrons. The number of hydrogen-bond donors (Lipinski definition) is 1. The summed E-state index contributed by atoms with van der Waals surface area (Å²) in [6, 6.07) is 15.0. The lowest BCUT2D eigenvalue weighted by Gasteiger charge is -2.14. The van der Waals surface area contributed by atoms with E-state index in [9.17, 15) is 9.59 Å². The van der Waals surface area contributed by atoms with Gasteiger partial charge in [0.1, 0.15) is 5.75 Å². The first-order valence-electron chi connectivity index (χ1n) is 8.16. The molecule has 0 aromatic heterocycles. The second-order valence-corrected chi connectivity index (χ2v) is 5.85. The molecule has 2 rings (SSSR count). The third-order valence-corrected chi connectivity index (χ3v) is 3.94. The lowest BCUT2D eigenvalue weighted by molar-refractivity contribution is -0.150. The van der Waals surface area contributed by atoms with Gasteiger partial charge in [-0.2, -0.15) is 0 Å². The summed E-state index contributed by atoms with van der Waals surface area (Å²) in [6.07, 6.45) is 0. The highest BCUT2D eigenvalue weighted by Gasteiger charge is 2.12. The van der Waals surface area contributed by atoms with Crippen molar-refractivity contribution in [2.75, 3.05) is 13.2 Å². The maximum absolute atomic E-state index is 11.9. The number of aryl methyl sites for hydroxylation is 1. The van der Waals surface area contributed by atoms with Crippen LogP contribution in [-0.2, 0) is 14.3 Å². The standard InChI is InChI=1S/C20H23NO4/c1-14-8-7-11-18(15(14)2)24-13-20(23)25-12-19(22)21-16(3)17-9-5-4-6-10-17/h4-11,16H,12-13H2,1-3H3,(H,21,22). The van der Waals surface area contributed by atoms with Crippen LogP contribution in [0.15, 0.2) is 48.5 Å². The Morgan fingerprint density at radius 3 is 2.44 bits per heavy atom. The first-order chi connectivity index (χ1) is 12.0. The van der Waals surface area contributed by atoms with Crippen molar-refractivity contribution >= 4 is 11.9 Å². The lowest BCUT2D eigenvalue weighted by atomic mass is 10.1. The molecule has 5 heteroatoms. The van der Waals surface area contributed by atoms with Crippen LogP contribution in [0.5, 0.6) is 5.75 Å². The van der Waals surface area contributed by atoms with Gasteiger partial charge in [0.15, 0.2) is 13.2 Å². The minimum atomic E-state index is -0.580. The Morgan fingerprint density at radius 1 is 1.00 bits per heavy atom. The predicted octanol–water partition coefficient (Wildman–Crippen LogP) is 3.10. The highest BCUT2D eigenvalue weighted by molar-refractivity contribution is 5.81. The molecule has 1 amide bonds. The molecule has 1 N–H and O–H groups in total. The molecule has 2 aromatic carbocycles. The molecular formula is C20H23NO4. The van der Waals surface area contributed by atoms with E-state index in [1.54, 1.807) is 6.07 Å². The zero-order valence-electron chi connectivity index (χ0n) is 14.7. The molecular weight excluding hydrogens is 318 g/mol. The van der Waals surface area contributed by atoms with E-state index in [-0.39, 0.29) is 25.2 Å². The van der Waals surface area contributed by atoms with Crippen molar-refractivity contribution in [1.29, 1.82) is 0 Å². The third kappa shape index (κ3) is 5.64. The maximum Gasteiger partial charge on any atom is 0.344 e. The molecule has 0 aliphatic rings. The fourth-order valence-electron chi connectivity index (χ4n) is 2.31. The number of amides is 1. The molecule has 0 heterocycles. The number of ether oxygens (including phenoxy) is 2. The van der Waals surface area contributed by atoms with E-state index < -0.39 is 5.97 Å². The van der Waals surface area contributed by atoms with E-state index in [1.807, 2.05) is 63.2 Å². The van der Waals surface area contributed by atoms with Crippen molar-refractivity contribution < 1.29 is 19.1 Å². The van der Waals surface area contributed by atoms with Crippen LogP contribution in [0.3, 0.4) is 0 Å². The van der Waals surface area contributed by atoms with E-state index in [0.717, 1.165) is 16.7 Å². The first-order valence-corrected chi connectivity index (χ1v) is 8.16. The summed E-state index contributed by atoms with van der Waals surface area (Å²) in [6.45, 7) is 5.21. The maximum atomic E-state index is 11.9. The van der Waals surface area contributed by atoms with E-state index in [0.29, 0.717) is 5.75 Å². The molecule has 0 radical (unpaired) electrons. The van der Waals surface area contributed by atoms with Crippen molar-refractivity contribution in [3.8, 4) is 5.75 Å². The number of carbonyl (C=O) groups is 2. The fraction of sp³-hybridized carbons (Fsp3) is 0.300. The first kappa shape index (κ1) is 18.5. The molecule has 0 aliphatic carbocycles. The molecule has 1 atom stereocenters. The van der Waals surface area contributed by atoms with Crippen LogP contribution in [0.2, 0.25) is 0 Å². The molecule has 1 unspecified atom stereocenters. The van der Waals surface area contributed by atoms with Crippen molar-refractivity contribution in [3.63, 3.8) is 0 Å². The van der Waals surface area contributed by atoms with Crippen LogP contribution in [0, 0.1) is 13.8 Å². The van der Waals surface area contributed by atoms with Gasteiger partial charge in [-0.15, -0.1) is 0 Å². The minimum absolute atomic E-state index is 0.154. The zero-order chi connectivity index (χ0) is 18.2. The quantitative estimate of drug-likeness (QED) is 0.786. The Balaban J connectivity index is 1.74. The Hall–Kier alpha value is -2.82. The summed E-state index contributed by atoms with van der Waals surface area (Å²) >= 11 is 0. The van der Waals surface area contributed by atoms with Gasteiger partial charge >= 0.3 is 5.97 Å². The molecule has 0 bridgehead atoms. The summed E-state index contributed by atoms with van der Waals surface area (Å²) < 4.78 is 10.4. The largest absolute Gasteiger partial charge is 0.482 e. The van der Waals surface area contributed by atoms with Crippen molar-refractivity contribution in [2.24, 2.45) is 0 Å². The van der Waals surface area contributed by atoms with Crippen LogP contribution in [0.25, 0.3) is 0 Å². The Bertz CT molecular complexity index is 728. The SMILES string of the molecule is Cc1cccc(OCC(=O)OCC(=O)NC(C)c2ccccc2)c1C.